The van der Waals surface area contributed by atoms with E-state index < -0.39 is 0 Å². The molecule has 0 aliphatic rings. The van der Waals surface area contributed by atoms with Crippen LogP contribution < -0.4 is 0 Å². The molecular formula is C9H6F. The van der Waals surface area contributed by atoms with Gasteiger partial charge in [-0.05, 0) is 17.7 Å². The van der Waals surface area contributed by atoms with Crippen LogP contribution in [0, 0.1) is 24.6 Å². The zero-order valence-electron chi connectivity index (χ0n) is 5.34. The third-order valence-electron chi connectivity index (χ3n) is 1.12. The van der Waals surface area contributed by atoms with Gasteiger partial charge in [0.2, 0.25) is 0 Å². The van der Waals surface area contributed by atoms with Crippen LogP contribution in [-0.2, 0) is 0 Å². The van der Waals surface area contributed by atoms with Gasteiger partial charge in [-0.15, -0.1) is 6.42 Å². The lowest BCUT2D eigenvalue weighted by molar-refractivity contribution is 0.627. The molecule has 1 aromatic carbocycles. The first kappa shape index (κ1) is 6.82. The molecule has 1 radical (unpaired) electrons. The smallest absolute Gasteiger partial charge is 0.123 e. The summed E-state index contributed by atoms with van der Waals surface area (Å²) in [6.07, 6.45) is 6.58. The Balaban J connectivity index is 2.81. The summed E-state index contributed by atoms with van der Waals surface area (Å²) >= 11 is 0. The van der Waals surface area contributed by atoms with Gasteiger partial charge >= 0.3 is 0 Å². The van der Waals surface area contributed by atoms with Gasteiger partial charge < -0.3 is 0 Å². The van der Waals surface area contributed by atoms with Gasteiger partial charge in [0.25, 0.3) is 0 Å². The van der Waals surface area contributed by atoms with Crippen molar-refractivity contribution in [3.8, 4) is 12.3 Å². The van der Waals surface area contributed by atoms with E-state index in [-0.39, 0.29) is 5.82 Å². The highest BCUT2D eigenvalue weighted by Gasteiger charge is 1.89. The van der Waals surface area contributed by atoms with E-state index in [0.717, 1.165) is 5.56 Å². The fraction of sp³-hybridized carbons (Fsp3) is 0. The van der Waals surface area contributed by atoms with Crippen molar-refractivity contribution in [1.29, 1.82) is 0 Å². The maximum atomic E-state index is 12.3. The van der Waals surface area contributed by atoms with Gasteiger partial charge in [0.05, 0.1) is 6.42 Å². The minimum Gasteiger partial charge on any atom is -0.207 e. The molecule has 0 bridgehead atoms. The van der Waals surface area contributed by atoms with E-state index in [9.17, 15) is 4.39 Å². The molecule has 0 aliphatic heterocycles. The lowest BCUT2D eigenvalue weighted by Crippen LogP contribution is -1.78. The second-order valence-corrected chi connectivity index (χ2v) is 1.86. The average Bonchev–Trinajstić information content (AvgIpc) is 1.95. The first-order valence-electron chi connectivity index (χ1n) is 2.88. The van der Waals surface area contributed by atoms with Crippen molar-refractivity contribution in [3.63, 3.8) is 0 Å². The third-order valence-corrected chi connectivity index (χ3v) is 1.12. The predicted octanol–water partition coefficient (Wildman–Crippen LogP) is 2.01. The van der Waals surface area contributed by atoms with Crippen molar-refractivity contribution in [3.05, 3.63) is 42.1 Å². The molecule has 0 amide bonds. The number of hydrogen-bond donors (Lipinski definition) is 0. The number of halogens is 1. The lowest BCUT2D eigenvalue weighted by Gasteiger charge is -1.91. The molecule has 0 saturated heterocycles. The molecule has 0 aromatic heterocycles. The van der Waals surface area contributed by atoms with Crippen LogP contribution in [0.1, 0.15) is 5.56 Å². The van der Waals surface area contributed by atoms with E-state index in [1.54, 1.807) is 18.6 Å². The molecule has 0 heterocycles. The summed E-state index contributed by atoms with van der Waals surface area (Å²) in [5.74, 6) is 2.11. The maximum absolute atomic E-state index is 12.3. The normalized spacial score (nSPS) is 8.80. The minimum atomic E-state index is -0.242. The van der Waals surface area contributed by atoms with Crippen molar-refractivity contribution in [2.75, 3.05) is 0 Å². The summed E-state index contributed by atoms with van der Waals surface area (Å²) < 4.78 is 12.3. The molecule has 0 unspecified atom stereocenters. The molecule has 1 rings (SSSR count). The zero-order valence-corrected chi connectivity index (χ0v) is 5.34. The number of hydrogen-bond acceptors (Lipinski definition) is 0. The molecule has 49 valence electrons. The summed E-state index contributed by atoms with van der Waals surface area (Å²) in [6.45, 7) is 0. The van der Waals surface area contributed by atoms with Gasteiger partial charge in [0, 0.05) is 0 Å². The fourth-order valence-corrected chi connectivity index (χ4v) is 0.655. The van der Waals surface area contributed by atoms with E-state index in [2.05, 4.69) is 5.92 Å². The number of benzene rings is 1. The molecule has 10 heavy (non-hydrogen) atoms. The summed E-state index contributed by atoms with van der Waals surface area (Å²) in [6, 6.07) is 6.02. The van der Waals surface area contributed by atoms with E-state index in [4.69, 9.17) is 6.42 Å². The summed E-state index contributed by atoms with van der Waals surface area (Å²) in [4.78, 5) is 0. The average molecular weight is 133 g/mol. The first-order chi connectivity index (χ1) is 4.83. The highest BCUT2D eigenvalue weighted by molar-refractivity contribution is 5.30. The Kier molecular flexibility index (Phi) is 2.07. The Morgan fingerprint density at radius 2 is 1.90 bits per heavy atom. The van der Waals surface area contributed by atoms with Gasteiger partial charge in [-0.25, -0.2) is 4.39 Å². The van der Waals surface area contributed by atoms with Crippen LogP contribution in [0.25, 0.3) is 0 Å². The highest BCUT2D eigenvalue weighted by atomic mass is 19.1. The first-order valence-corrected chi connectivity index (χ1v) is 2.88. The molecule has 1 aromatic rings. The Morgan fingerprint density at radius 1 is 1.30 bits per heavy atom. The summed E-state index contributed by atoms with van der Waals surface area (Å²) in [7, 11) is 0. The van der Waals surface area contributed by atoms with Crippen LogP contribution in [-0.4, -0.2) is 0 Å². The van der Waals surface area contributed by atoms with Gasteiger partial charge in [-0.2, -0.15) is 0 Å². The highest BCUT2D eigenvalue weighted by Crippen LogP contribution is 2.03. The minimum absolute atomic E-state index is 0.242. The van der Waals surface area contributed by atoms with E-state index >= 15 is 0 Å². The molecule has 0 fully saturated rings. The van der Waals surface area contributed by atoms with Crippen LogP contribution in [0.4, 0.5) is 4.39 Å². The van der Waals surface area contributed by atoms with Crippen molar-refractivity contribution < 1.29 is 4.39 Å². The van der Waals surface area contributed by atoms with E-state index in [1.165, 1.54) is 12.1 Å². The molecule has 0 atom stereocenters. The predicted molar refractivity (Wildman–Crippen MR) is 38.6 cm³/mol. The third kappa shape index (κ3) is 1.60. The van der Waals surface area contributed by atoms with Crippen LogP contribution in [0.2, 0.25) is 0 Å². The van der Waals surface area contributed by atoms with Crippen molar-refractivity contribution in [1.82, 2.24) is 0 Å². The standard InChI is InChI=1S/C9H6F/c1-2-3-8-4-6-9(10)7-5-8/h1,3-7H. The van der Waals surface area contributed by atoms with Crippen LogP contribution in [0.5, 0.6) is 0 Å². The van der Waals surface area contributed by atoms with Crippen LogP contribution >= 0.6 is 0 Å². The van der Waals surface area contributed by atoms with Crippen LogP contribution in [0.15, 0.2) is 24.3 Å². The largest absolute Gasteiger partial charge is 0.207 e. The van der Waals surface area contributed by atoms with Crippen molar-refractivity contribution in [2.24, 2.45) is 0 Å². The molecule has 1 heteroatoms. The monoisotopic (exact) mass is 133 g/mol. The maximum Gasteiger partial charge on any atom is 0.123 e. The van der Waals surface area contributed by atoms with Gasteiger partial charge in [0.1, 0.15) is 5.82 Å². The summed E-state index contributed by atoms with van der Waals surface area (Å²) in [5, 5.41) is 0. The Labute approximate surface area is 59.7 Å². The summed E-state index contributed by atoms with van der Waals surface area (Å²) in [5.41, 5.74) is 0.851. The second kappa shape index (κ2) is 3.03. The molecule has 0 aliphatic carbocycles. The molecule has 0 saturated carbocycles. The number of rotatable bonds is 1. The molecule has 0 spiro atoms. The van der Waals surface area contributed by atoms with Gasteiger partial charge in [-0.1, -0.05) is 18.1 Å². The van der Waals surface area contributed by atoms with E-state index in [1.807, 2.05) is 0 Å². The van der Waals surface area contributed by atoms with Gasteiger partial charge in [-0.3, -0.25) is 0 Å². The van der Waals surface area contributed by atoms with Crippen molar-refractivity contribution >= 4 is 0 Å². The quantitative estimate of drug-likeness (QED) is 0.514. The van der Waals surface area contributed by atoms with E-state index in [0.29, 0.717) is 0 Å². The lowest BCUT2D eigenvalue weighted by atomic mass is 10.2. The molecular weight excluding hydrogens is 127 g/mol. The van der Waals surface area contributed by atoms with Crippen LogP contribution in [0.3, 0.4) is 0 Å². The Hall–Kier alpha value is -1.29. The Morgan fingerprint density at radius 3 is 2.40 bits per heavy atom. The SMILES string of the molecule is C#C[CH]c1ccc(F)cc1. The topological polar surface area (TPSA) is 0 Å². The second-order valence-electron chi connectivity index (χ2n) is 1.86. The zero-order chi connectivity index (χ0) is 7.40. The molecule has 0 nitrogen and oxygen atoms in total. The van der Waals surface area contributed by atoms with Crippen molar-refractivity contribution in [2.45, 2.75) is 0 Å². The number of terminal acetylenes is 1. The molecule has 0 N–H and O–H groups in total. The Bertz CT molecular complexity index is 240. The fourth-order valence-electron chi connectivity index (χ4n) is 0.655. The van der Waals surface area contributed by atoms with Gasteiger partial charge in [0.15, 0.2) is 0 Å².